The van der Waals surface area contributed by atoms with E-state index in [1.54, 1.807) is 0 Å². The van der Waals surface area contributed by atoms with Crippen LogP contribution in [0.1, 0.15) is 59.8 Å². The zero-order valence-electron chi connectivity index (χ0n) is 12.6. The molecule has 0 aromatic rings. The Bertz CT molecular complexity index is 501. The highest BCUT2D eigenvalue weighted by atomic mass is 32.2. The first-order valence-corrected chi connectivity index (χ1v) is 8.74. The third-order valence-corrected chi connectivity index (χ3v) is 5.54. The Labute approximate surface area is 118 Å². The van der Waals surface area contributed by atoms with Crippen molar-refractivity contribution >= 4 is 9.84 Å². The van der Waals surface area contributed by atoms with Gasteiger partial charge in [-0.05, 0) is 46.5 Å². The van der Waals surface area contributed by atoms with Gasteiger partial charge in [-0.25, -0.2) is 8.42 Å². The van der Waals surface area contributed by atoms with E-state index in [0.717, 1.165) is 31.3 Å². The van der Waals surface area contributed by atoms with Crippen molar-refractivity contribution in [2.75, 3.05) is 5.75 Å². The maximum atomic E-state index is 12.0. The topological polar surface area (TPSA) is 34.1 Å². The largest absolute Gasteiger partial charge is 0.224 e. The normalized spacial score (nSPS) is 18.8. The van der Waals surface area contributed by atoms with Gasteiger partial charge in [-0.3, -0.25) is 0 Å². The molecule has 0 aromatic carbocycles. The maximum absolute atomic E-state index is 12.0. The summed E-state index contributed by atoms with van der Waals surface area (Å²) < 4.78 is 23.9. The minimum Gasteiger partial charge on any atom is -0.224 e. The molecule has 0 atom stereocenters. The van der Waals surface area contributed by atoms with Gasteiger partial charge in [0.1, 0.15) is 0 Å². The van der Waals surface area contributed by atoms with E-state index in [-0.39, 0.29) is 0 Å². The van der Waals surface area contributed by atoms with Gasteiger partial charge in [0.15, 0.2) is 9.84 Å². The van der Waals surface area contributed by atoms with E-state index in [0.29, 0.717) is 17.1 Å². The van der Waals surface area contributed by atoms with Crippen LogP contribution in [0.4, 0.5) is 0 Å². The smallest absolute Gasteiger partial charge is 0.175 e. The molecule has 19 heavy (non-hydrogen) atoms. The van der Waals surface area contributed by atoms with Crippen LogP contribution in [0.3, 0.4) is 0 Å². The summed E-state index contributed by atoms with van der Waals surface area (Å²) in [7, 11) is -2.95. The lowest BCUT2D eigenvalue weighted by atomic mass is 10.1. The first-order chi connectivity index (χ1) is 8.86. The van der Waals surface area contributed by atoms with Crippen LogP contribution in [0.5, 0.6) is 0 Å². The van der Waals surface area contributed by atoms with Crippen molar-refractivity contribution in [1.29, 1.82) is 0 Å². The molecule has 0 aliphatic carbocycles. The van der Waals surface area contributed by atoms with Gasteiger partial charge in [0.25, 0.3) is 0 Å². The fourth-order valence-corrected chi connectivity index (χ4v) is 4.13. The highest BCUT2D eigenvalue weighted by Crippen LogP contribution is 2.31. The zero-order chi connectivity index (χ0) is 14.5. The molecule has 0 N–H and O–H groups in total. The second kappa shape index (κ2) is 7.09. The van der Waals surface area contributed by atoms with Crippen molar-refractivity contribution in [3.8, 4) is 0 Å². The third kappa shape index (κ3) is 4.98. The third-order valence-electron chi connectivity index (χ3n) is 3.60. The van der Waals surface area contributed by atoms with Crippen LogP contribution in [-0.4, -0.2) is 14.2 Å². The summed E-state index contributed by atoms with van der Waals surface area (Å²) >= 11 is 0. The van der Waals surface area contributed by atoms with Crippen molar-refractivity contribution in [3.05, 3.63) is 33.8 Å². The minimum absolute atomic E-state index is 0.316. The van der Waals surface area contributed by atoms with Gasteiger partial charge in [0.05, 0.1) is 5.75 Å². The minimum atomic E-state index is -2.95. The van der Waals surface area contributed by atoms with Crippen LogP contribution in [0.15, 0.2) is 33.8 Å². The molecule has 1 aliphatic heterocycles. The Morgan fingerprint density at radius 2 is 1.89 bits per heavy atom. The number of rotatable bonds is 6. The van der Waals surface area contributed by atoms with Gasteiger partial charge >= 0.3 is 0 Å². The molecular formula is C16H26O2S. The van der Waals surface area contributed by atoms with E-state index >= 15 is 0 Å². The summed E-state index contributed by atoms with van der Waals surface area (Å²) in [6.07, 6.45) is 8.55. The van der Waals surface area contributed by atoms with E-state index < -0.39 is 9.84 Å². The summed E-state index contributed by atoms with van der Waals surface area (Å²) in [4.78, 5) is 0.691. The molecule has 0 spiro atoms. The number of hydrogen-bond acceptors (Lipinski definition) is 2. The second-order valence-electron chi connectivity index (χ2n) is 5.52. The van der Waals surface area contributed by atoms with Crippen LogP contribution in [0, 0.1) is 0 Å². The Hall–Kier alpha value is -0.830. The predicted molar refractivity (Wildman–Crippen MR) is 82.8 cm³/mol. The molecule has 2 nitrogen and oxygen atoms in total. The van der Waals surface area contributed by atoms with Crippen LogP contribution in [0.2, 0.25) is 0 Å². The number of sulfone groups is 1. The van der Waals surface area contributed by atoms with E-state index in [4.69, 9.17) is 0 Å². The van der Waals surface area contributed by atoms with Crippen molar-refractivity contribution in [2.24, 2.45) is 0 Å². The SMILES string of the molecule is CCC1=C(C/C=C(\C)CCC=C(C)C)S(=O)(=O)CC1. The monoisotopic (exact) mass is 282 g/mol. The molecule has 0 unspecified atom stereocenters. The fourth-order valence-electron chi connectivity index (χ4n) is 2.34. The van der Waals surface area contributed by atoms with Crippen LogP contribution in [0.25, 0.3) is 0 Å². The van der Waals surface area contributed by atoms with Gasteiger partial charge in [-0.15, -0.1) is 0 Å². The lowest BCUT2D eigenvalue weighted by Gasteiger charge is -2.04. The van der Waals surface area contributed by atoms with Crippen LogP contribution >= 0.6 is 0 Å². The van der Waals surface area contributed by atoms with Crippen LogP contribution in [-0.2, 0) is 9.84 Å². The van der Waals surface area contributed by atoms with Crippen LogP contribution < -0.4 is 0 Å². The number of allylic oxidation sites excluding steroid dienone is 6. The predicted octanol–water partition coefficient (Wildman–Crippen LogP) is 4.55. The fraction of sp³-hybridized carbons (Fsp3) is 0.625. The molecule has 1 rings (SSSR count). The molecule has 0 saturated carbocycles. The highest BCUT2D eigenvalue weighted by molar-refractivity contribution is 7.95. The molecule has 3 heteroatoms. The van der Waals surface area contributed by atoms with Gasteiger partial charge in [0, 0.05) is 11.3 Å². The number of hydrogen-bond donors (Lipinski definition) is 0. The van der Waals surface area contributed by atoms with Gasteiger partial charge < -0.3 is 0 Å². The van der Waals surface area contributed by atoms with E-state index in [1.807, 2.05) is 6.92 Å². The first-order valence-electron chi connectivity index (χ1n) is 7.09. The van der Waals surface area contributed by atoms with Crippen molar-refractivity contribution in [2.45, 2.75) is 59.8 Å². The quantitative estimate of drug-likeness (QED) is 0.670. The van der Waals surface area contributed by atoms with E-state index in [9.17, 15) is 8.42 Å². The highest BCUT2D eigenvalue weighted by Gasteiger charge is 2.27. The molecule has 0 bridgehead atoms. The lowest BCUT2D eigenvalue weighted by molar-refractivity contribution is 0.603. The Morgan fingerprint density at radius 1 is 1.21 bits per heavy atom. The summed E-state index contributed by atoms with van der Waals surface area (Å²) in [5.74, 6) is 0.316. The Morgan fingerprint density at radius 3 is 2.47 bits per heavy atom. The standard InChI is InChI=1S/C16H26O2S/c1-5-15-11-12-19(17,18)16(15)10-9-14(4)8-6-7-13(2)3/h7,9H,5-6,8,10-12H2,1-4H3/b14-9+. The average molecular weight is 282 g/mol. The zero-order valence-corrected chi connectivity index (χ0v) is 13.4. The van der Waals surface area contributed by atoms with Gasteiger partial charge in [0.2, 0.25) is 0 Å². The van der Waals surface area contributed by atoms with E-state index in [2.05, 4.69) is 32.9 Å². The summed E-state index contributed by atoms with van der Waals surface area (Å²) in [6.45, 7) is 8.33. The molecule has 0 aromatic heterocycles. The Balaban J connectivity index is 2.66. The summed E-state index contributed by atoms with van der Waals surface area (Å²) in [5, 5.41) is 0. The van der Waals surface area contributed by atoms with Gasteiger partial charge in [-0.2, -0.15) is 0 Å². The maximum Gasteiger partial charge on any atom is 0.175 e. The lowest BCUT2D eigenvalue weighted by Crippen LogP contribution is -2.01. The van der Waals surface area contributed by atoms with Crippen molar-refractivity contribution in [1.82, 2.24) is 0 Å². The molecule has 0 saturated heterocycles. The summed E-state index contributed by atoms with van der Waals surface area (Å²) in [5.41, 5.74) is 3.75. The molecule has 0 fully saturated rings. The average Bonchev–Trinajstić information content (AvgIpc) is 2.61. The van der Waals surface area contributed by atoms with Crippen molar-refractivity contribution in [3.63, 3.8) is 0 Å². The first kappa shape index (κ1) is 16.2. The molecule has 1 aliphatic rings. The molecular weight excluding hydrogens is 256 g/mol. The molecule has 1 heterocycles. The van der Waals surface area contributed by atoms with Gasteiger partial charge in [-0.1, -0.05) is 35.8 Å². The molecule has 0 radical (unpaired) electrons. The Kier molecular flexibility index (Phi) is 6.05. The second-order valence-corrected chi connectivity index (χ2v) is 7.65. The van der Waals surface area contributed by atoms with E-state index in [1.165, 1.54) is 11.1 Å². The molecule has 108 valence electrons. The summed E-state index contributed by atoms with van der Waals surface area (Å²) in [6, 6.07) is 0. The molecule has 0 amide bonds. The van der Waals surface area contributed by atoms with Crippen molar-refractivity contribution < 1.29 is 8.42 Å².